The summed E-state index contributed by atoms with van der Waals surface area (Å²) in [5.74, 6) is -0.0533. The Morgan fingerprint density at radius 3 is 2.43 bits per heavy atom. The Morgan fingerprint density at radius 2 is 1.77 bits per heavy atom. The molecule has 0 spiro atoms. The summed E-state index contributed by atoms with van der Waals surface area (Å²) in [7, 11) is 2.90. The number of non-ortho nitro benzene ring substituents is 1. The molecular formula is C20H15BrN4O5. The van der Waals surface area contributed by atoms with Gasteiger partial charge in [-0.05, 0) is 18.2 Å². The van der Waals surface area contributed by atoms with Crippen molar-refractivity contribution in [3.63, 3.8) is 0 Å². The Morgan fingerprint density at radius 1 is 1.07 bits per heavy atom. The summed E-state index contributed by atoms with van der Waals surface area (Å²) in [5.41, 5.74) is 0.170. The number of phenolic OH excluding ortho intramolecular Hbond substituents is 1. The highest BCUT2D eigenvalue weighted by atomic mass is 79.9. The van der Waals surface area contributed by atoms with Crippen LogP contribution in [0.2, 0.25) is 0 Å². The number of nitro benzene ring substituents is 1. The van der Waals surface area contributed by atoms with Gasteiger partial charge in [-0.2, -0.15) is 0 Å². The van der Waals surface area contributed by atoms with Gasteiger partial charge in [0, 0.05) is 42.5 Å². The van der Waals surface area contributed by atoms with Crippen molar-refractivity contribution in [3.05, 3.63) is 84.1 Å². The topological polar surface area (TPSA) is 112 Å². The molecule has 1 N–H and O–H groups in total. The molecule has 0 saturated carbocycles. The minimum absolute atomic E-state index is 0.0533. The zero-order valence-electron chi connectivity index (χ0n) is 15.9. The van der Waals surface area contributed by atoms with Gasteiger partial charge in [0.05, 0.1) is 27.2 Å². The molecule has 0 bridgehead atoms. The molecule has 30 heavy (non-hydrogen) atoms. The van der Waals surface area contributed by atoms with E-state index in [2.05, 4.69) is 15.9 Å². The molecule has 2 aromatic heterocycles. The first-order chi connectivity index (χ1) is 14.2. The number of benzene rings is 2. The number of halogens is 1. The van der Waals surface area contributed by atoms with E-state index in [1.165, 1.54) is 42.9 Å². The molecule has 9 nitrogen and oxygen atoms in total. The van der Waals surface area contributed by atoms with Gasteiger partial charge in [0.1, 0.15) is 5.75 Å². The first kappa shape index (κ1) is 19.6. The first-order valence-electron chi connectivity index (χ1n) is 8.76. The Balaban J connectivity index is 2.26. The zero-order chi connectivity index (χ0) is 21.7. The highest BCUT2D eigenvalue weighted by molar-refractivity contribution is 9.10. The molecule has 4 aromatic rings. The van der Waals surface area contributed by atoms with E-state index in [-0.39, 0.29) is 16.8 Å². The summed E-state index contributed by atoms with van der Waals surface area (Å²) in [4.78, 5) is 36.4. The van der Waals surface area contributed by atoms with Crippen molar-refractivity contribution >= 4 is 32.5 Å². The van der Waals surface area contributed by atoms with E-state index in [0.29, 0.717) is 26.9 Å². The second kappa shape index (κ2) is 6.99. The molecule has 10 heteroatoms. The molecular weight excluding hydrogens is 456 g/mol. The average Bonchev–Trinajstić information content (AvgIpc) is 3.11. The number of para-hydroxylation sites is 2. The number of fused-ring (bicyclic) bond motifs is 1. The largest absolute Gasteiger partial charge is 0.506 e. The van der Waals surface area contributed by atoms with Crippen LogP contribution in [-0.4, -0.2) is 23.7 Å². The van der Waals surface area contributed by atoms with Gasteiger partial charge in [-0.3, -0.25) is 24.0 Å². The number of aryl methyl sites for hydroxylation is 1. The fourth-order valence-electron chi connectivity index (χ4n) is 3.47. The number of hydrogen-bond donors (Lipinski definition) is 1. The van der Waals surface area contributed by atoms with Gasteiger partial charge in [-0.15, -0.1) is 0 Å². The van der Waals surface area contributed by atoms with Gasteiger partial charge in [-0.25, -0.2) is 4.79 Å². The second-order valence-corrected chi connectivity index (χ2v) is 7.58. The summed E-state index contributed by atoms with van der Waals surface area (Å²) in [6.45, 7) is 0. The van der Waals surface area contributed by atoms with E-state index in [0.717, 1.165) is 4.57 Å². The van der Waals surface area contributed by atoms with Gasteiger partial charge < -0.3 is 9.67 Å². The number of nitrogens with zero attached hydrogens (tertiary/aromatic N) is 4. The Hall–Kier alpha value is -3.66. The number of aromatic hydroxyl groups is 1. The van der Waals surface area contributed by atoms with Gasteiger partial charge in [0.2, 0.25) is 0 Å². The first-order valence-corrected chi connectivity index (χ1v) is 9.55. The lowest BCUT2D eigenvalue weighted by atomic mass is 10.1. The summed E-state index contributed by atoms with van der Waals surface area (Å²) >= 11 is 3.41. The molecule has 0 unspecified atom stereocenters. The normalized spacial score (nSPS) is 11.2. The maximum atomic E-state index is 13.1. The maximum Gasteiger partial charge on any atom is 0.330 e. The van der Waals surface area contributed by atoms with Crippen LogP contribution in [0.3, 0.4) is 0 Å². The van der Waals surface area contributed by atoms with Crippen molar-refractivity contribution < 1.29 is 10.0 Å². The number of phenols is 1. The quantitative estimate of drug-likeness (QED) is 0.365. The van der Waals surface area contributed by atoms with E-state index < -0.39 is 16.2 Å². The van der Waals surface area contributed by atoms with Crippen LogP contribution in [0.1, 0.15) is 0 Å². The lowest BCUT2D eigenvalue weighted by Gasteiger charge is -2.12. The maximum absolute atomic E-state index is 13.1. The van der Waals surface area contributed by atoms with Crippen LogP contribution in [0.5, 0.6) is 5.75 Å². The molecule has 0 saturated heterocycles. The van der Waals surface area contributed by atoms with Crippen LogP contribution in [0.4, 0.5) is 5.69 Å². The molecule has 0 aliphatic rings. The van der Waals surface area contributed by atoms with E-state index in [1.54, 1.807) is 29.0 Å². The van der Waals surface area contributed by atoms with Crippen molar-refractivity contribution in [2.75, 3.05) is 0 Å². The monoisotopic (exact) mass is 470 g/mol. The molecule has 0 aliphatic carbocycles. The van der Waals surface area contributed by atoms with Gasteiger partial charge >= 0.3 is 5.69 Å². The van der Waals surface area contributed by atoms with Gasteiger partial charge in [0.15, 0.2) is 0 Å². The van der Waals surface area contributed by atoms with E-state index in [1.807, 2.05) is 0 Å². The van der Waals surface area contributed by atoms with Crippen LogP contribution in [0, 0.1) is 10.1 Å². The highest BCUT2D eigenvalue weighted by Gasteiger charge is 2.24. The number of rotatable bonds is 3. The molecule has 0 fully saturated rings. The van der Waals surface area contributed by atoms with Crippen molar-refractivity contribution in [3.8, 4) is 22.7 Å². The Labute approximate surface area is 177 Å². The number of nitro groups is 1. The zero-order valence-corrected chi connectivity index (χ0v) is 17.5. The summed E-state index contributed by atoms with van der Waals surface area (Å²) in [6, 6.07) is 10.7. The van der Waals surface area contributed by atoms with Crippen molar-refractivity contribution in [2.45, 2.75) is 0 Å². The Bertz CT molecular complexity index is 1460. The Kier molecular flexibility index (Phi) is 4.58. The number of hydrogen-bond acceptors (Lipinski definition) is 5. The molecule has 0 amide bonds. The highest BCUT2D eigenvalue weighted by Crippen LogP contribution is 2.38. The lowest BCUT2D eigenvalue weighted by Crippen LogP contribution is -2.36. The smallest absolute Gasteiger partial charge is 0.330 e. The van der Waals surface area contributed by atoms with Crippen LogP contribution in [0.15, 0.2) is 62.7 Å². The van der Waals surface area contributed by atoms with E-state index in [9.17, 15) is 24.8 Å². The summed E-state index contributed by atoms with van der Waals surface area (Å²) in [5, 5.41) is 22.0. The van der Waals surface area contributed by atoms with Crippen LogP contribution < -0.4 is 11.2 Å². The molecule has 2 aromatic carbocycles. The fourth-order valence-corrected chi connectivity index (χ4v) is 3.91. The summed E-state index contributed by atoms with van der Waals surface area (Å²) in [6.07, 6.45) is 1.56. The minimum atomic E-state index is -0.546. The minimum Gasteiger partial charge on any atom is -0.506 e. The average molecular weight is 471 g/mol. The van der Waals surface area contributed by atoms with E-state index >= 15 is 0 Å². The van der Waals surface area contributed by atoms with Crippen LogP contribution >= 0.6 is 15.9 Å². The number of aromatic nitrogens is 3. The SMILES string of the molecule is Cn1c(=O)c2c(-c3cc([N+](=O)[O-])ccc3Br)n(-c3ccccc3O)cc2n(C)c1=O. The molecule has 152 valence electrons. The molecule has 4 rings (SSSR count). The predicted octanol–water partition coefficient (Wildman–Crippen LogP) is 3.07. The van der Waals surface area contributed by atoms with Gasteiger partial charge in [-0.1, -0.05) is 28.1 Å². The van der Waals surface area contributed by atoms with Gasteiger partial charge in [0.25, 0.3) is 11.2 Å². The standard InChI is InChI=1S/C20H15BrN4O5/c1-22-15-10-24(14-5-3-4-6-16(14)26)18(17(15)19(27)23(2)20(22)28)12-9-11(25(29)30)7-8-13(12)21/h3-10,26H,1-2H3. The van der Waals surface area contributed by atoms with Crippen LogP contribution in [-0.2, 0) is 14.1 Å². The van der Waals surface area contributed by atoms with Crippen molar-refractivity contribution in [1.29, 1.82) is 0 Å². The molecule has 0 atom stereocenters. The van der Waals surface area contributed by atoms with E-state index in [4.69, 9.17) is 0 Å². The third-order valence-corrected chi connectivity index (χ3v) is 5.69. The third-order valence-electron chi connectivity index (χ3n) is 5.00. The lowest BCUT2D eigenvalue weighted by molar-refractivity contribution is -0.384. The fraction of sp³-hybridized carbons (Fsp3) is 0.100. The molecule has 2 heterocycles. The molecule has 0 radical (unpaired) electrons. The second-order valence-electron chi connectivity index (χ2n) is 6.72. The van der Waals surface area contributed by atoms with Crippen LogP contribution in [0.25, 0.3) is 27.8 Å². The molecule has 0 aliphatic heterocycles. The predicted molar refractivity (Wildman–Crippen MR) is 115 cm³/mol. The third kappa shape index (κ3) is 2.84. The summed E-state index contributed by atoms with van der Waals surface area (Å²) < 4.78 is 4.37. The van der Waals surface area contributed by atoms with Crippen molar-refractivity contribution in [2.24, 2.45) is 14.1 Å². The van der Waals surface area contributed by atoms with Crippen molar-refractivity contribution in [1.82, 2.24) is 13.7 Å².